The second kappa shape index (κ2) is 5.55. The molecule has 2 saturated heterocycles. The number of aliphatic hydroxyl groups is 1. The van der Waals surface area contributed by atoms with E-state index in [1.54, 1.807) is 7.11 Å². The van der Waals surface area contributed by atoms with Crippen molar-refractivity contribution in [3.8, 4) is 0 Å². The Balaban J connectivity index is 1.64. The van der Waals surface area contributed by atoms with E-state index in [0.29, 0.717) is 12.0 Å². The van der Waals surface area contributed by atoms with Crippen molar-refractivity contribution in [2.24, 2.45) is 5.92 Å². The molecule has 110 valence electrons. The van der Waals surface area contributed by atoms with Gasteiger partial charge >= 0.3 is 0 Å². The Kier molecular flexibility index (Phi) is 4.14. The van der Waals surface area contributed by atoms with Gasteiger partial charge in [0.25, 0.3) is 0 Å². The van der Waals surface area contributed by atoms with Crippen molar-refractivity contribution >= 4 is 11.8 Å². The first kappa shape index (κ1) is 14.2. The van der Waals surface area contributed by atoms with Crippen LogP contribution in [0.15, 0.2) is 0 Å². The van der Waals surface area contributed by atoms with Crippen LogP contribution in [0.2, 0.25) is 0 Å². The predicted molar refractivity (Wildman–Crippen MR) is 77.6 cm³/mol. The molecule has 1 aliphatic carbocycles. The molecular weight excluding hydrogens is 260 g/mol. The monoisotopic (exact) mass is 286 g/mol. The molecule has 0 amide bonds. The smallest absolute Gasteiger partial charge is 0.0784 e. The van der Waals surface area contributed by atoms with Gasteiger partial charge in [-0.05, 0) is 56.6 Å². The average molecular weight is 286 g/mol. The maximum atomic E-state index is 11.0. The first-order chi connectivity index (χ1) is 9.16. The molecule has 0 aromatic heterocycles. The minimum Gasteiger partial charge on any atom is -0.390 e. The van der Waals surface area contributed by atoms with Gasteiger partial charge in [-0.2, -0.15) is 11.8 Å². The highest BCUT2D eigenvalue weighted by molar-refractivity contribution is 7.99. The highest BCUT2D eigenvalue weighted by Crippen LogP contribution is 2.47. The Morgan fingerprint density at radius 3 is 2.63 bits per heavy atom. The zero-order valence-electron chi connectivity index (χ0n) is 11.9. The number of methoxy groups -OCH3 is 1. The minimum absolute atomic E-state index is 0.0847. The van der Waals surface area contributed by atoms with Crippen molar-refractivity contribution in [3.63, 3.8) is 0 Å². The van der Waals surface area contributed by atoms with Crippen LogP contribution in [0.5, 0.6) is 0 Å². The van der Waals surface area contributed by atoms with Crippen LogP contribution in [-0.4, -0.2) is 47.6 Å². The van der Waals surface area contributed by atoms with E-state index in [9.17, 15) is 5.11 Å². The zero-order chi connectivity index (χ0) is 13.3. The summed E-state index contributed by atoms with van der Waals surface area (Å²) < 4.78 is 11.5. The SMILES string of the molecule is COC1CCC(O)(C2CCOC3(CCSC3)C2)CC1. The fourth-order valence-electron chi connectivity index (χ4n) is 4.08. The molecule has 2 heterocycles. The van der Waals surface area contributed by atoms with Crippen LogP contribution in [0, 0.1) is 5.92 Å². The Morgan fingerprint density at radius 2 is 2.00 bits per heavy atom. The Bertz CT molecular complexity index is 307. The van der Waals surface area contributed by atoms with Gasteiger partial charge in [0.1, 0.15) is 0 Å². The molecule has 3 rings (SSSR count). The van der Waals surface area contributed by atoms with Gasteiger partial charge in [-0.15, -0.1) is 0 Å². The number of thioether (sulfide) groups is 1. The second-order valence-electron chi connectivity index (χ2n) is 6.56. The van der Waals surface area contributed by atoms with E-state index in [2.05, 4.69) is 0 Å². The predicted octanol–water partition coefficient (Wildman–Crippen LogP) is 2.61. The van der Waals surface area contributed by atoms with Crippen molar-refractivity contribution in [2.75, 3.05) is 25.2 Å². The first-order valence-corrected chi connectivity index (χ1v) is 8.78. The number of rotatable bonds is 2. The van der Waals surface area contributed by atoms with Gasteiger partial charge in [0.15, 0.2) is 0 Å². The molecule has 2 aliphatic heterocycles. The normalized spacial score (nSPS) is 47.7. The minimum atomic E-state index is -0.459. The Hall–Kier alpha value is 0.230. The van der Waals surface area contributed by atoms with Gasteiger partial charge in [0.05, 0.1) is 17.3 Å². The van der Waals surface area contributed by atoms with Crippen LogP contribution >= 0.6 is 11.8 Å². The van der Waals surface area contributed by atoms with Crippen LogP contribution < -0.4 is 0 Å². The van der Waals surface area contributed by atoms with E-state index in [1.807, 2.05) is 11.8 Å². The van der Waals surface area contributed by atoms with Gasteiger partial charge in [-0.25, -0.2) is 0 Å². The summed E-state index contributed by atoms with van der Waals surface area (Å²) >= 11 is 2.00. The lowest BCUT2D eigenvalue weighted by Gasteiger charge is -2.47. The molecule has 3 nitrogen and oxygen atoms in total. The van der Waals surface area contributed by atoms with Crippen molar-refractivity contribution in [1.82, 2.24) is 0 Å². The van der Waals surface area contributed by atoms with Crippen LogP contribution in [0.3, 0.4) is 0 Å². The molecule has 2 atom stereocenters. The van der Waals surface area contributed by atoms with Crippen LogP contribution in [0.4, 0.5) is 0 Å². The summed E-state index contributed by atoms with van der Waals surface area (Å²) in [5, 5.41) is 11.0. The summed E-state index contributed by atoms with van der Waals surface area (Å²) in [4.78, 5) is 0. The maximum absolute atomic E-state index is 11.0. The standard InChI is InChI=1S/C15H26O3S/c1-17-13-2-5-15(16,6-3-13)12-4-8-18-14(10-12)7-9-19-11-14/h12-13,16H,2-11H2,1H3. The zero-order valence-corrected chi connectivity index (χ0v) is 12.7. The van der Waals surface area contributed by atoms with Crippen molar-refractivity contribution < 1.29 is 14.6 Å². The third kappa shape index (κ3) is 2.82. The van der Waals surface area contributed by atoms with E-state index in [4.69, 9.17) is 9.47 Å². The van der Waals surface area contributed by atoms with Crippen LogP contribution in [0.25, 0.3) is 0 Å². The van der Waals surface area contributed by atoms with E-state index >= 15 is 0 Å². The first-order valence-electron chi connectivity index (χ1n) is 7.63. The lowest BCUT2D eigenvalue weighted by Crippen LogP contribution is -2.50. The molecule has 0 bridgehead atoms. The fraction of sp³-hybridized carbons (Fsp3) is 1.00. The number of hydrogen-bond donors (Lipinski definition) is 1. The Labute approximate surface area is 120 Å². The number of hydrogen-bond acceptors (Lipinski definition) is 4. The summed E-state index contributed by atoms with van der Waals surface area (Å²) in [6, 6.07) is 0. The summed E-state index contributed by atoms with van der Waals surface area (Å²) in [5.74, 6) is 2.77. The largest absolute Gasteiger partial charge is 0.390 e. The molecule has 19 heavy (non-hydrogen) atoms. The molecule has 1 saturated carbocycles. The molecule has 1 spiro atoms. The van der Waals surface area contributed by atoms with E-state index in [1.165, 1.54) is 12.2 Å². The maximum Gasteiger partial charge on any atom is 0.0784 e. The molecule has 1 N–H and O–H groups in total. The molecule has 0 aromatic rings. The van der Waals surface area contributed by atoms with Gasteiger partial charge in [-0.3, -0.25) is 0 Å². The highest BCUT2D eigenvalue weighted by atomic mass is 32.2. The van der Waals surface area contributed by atoms with Gasteiger partial charge < -0.3 is 14.6 Å². The molecule has 4 heteroatoms. The van der Waals surface area contributed by atoms with Crippen molar-refractivity contribution in [2.45, 2.75) is 62.3 Å². The molecular formula is C15H26O3S. The highest BCUT2D eigenvalue weighted by Gasteiger charge is 2.48. The van der Waals surface area contributed by atoms with E-state index in [0.717, 1.165) is 50.9 Å². The van der Waals surface area contributed by atoms with Gasteiger partial charge in [0, 0.05) is 19.5 Å². The fourth-order valence-corrected chi connectivity index (χ4v) is 5.46. The van der Waals surface area contributed by atoms with Crippen LogP contribution in [-0.2, 0) is 9.47 Å². The summed E-state index contributed by atoms with van der Waals surface area (Å²) in [7, 11) is 1.79. The summed E-state index contributed by atoms with van der Waals surface area (Å²) in [6.45, 7) is 0.835. The third-order valence-electron chi connectivity index (χ3n) is 5.45. The van der Waals surface area contributed by atoms with Crippen molar-refractivity contribution in [3.05, 3.63) is 0 Å². The van der Waals surface area contributed by atoms with Gasteiger partial charge in [-0.1, -0.05) is 0 Å². The number of ether oxygens (including phenoxy) is 2. The molecule has 0 radical (unpaired) electrons. The van der Waals surface area contributed by atoms with Crippen LogP contribution in [0.1, 0.15) is 44.9 Å². The molecule has 2 unspecified atom stereocenters. The molecule has 3 aliphatic rings. The summed E-state index contributed by atoms with van der Waals surface area (Å²) in [5.41, 5.74) is -0.375. The molecule has 3 fully saturated rings. The van der Waals surface area contributed by atoms with Crippen molar-refractivity contribution in [1.29, 1.82) is 0 Å². The Morgan fingerprint density at radius 1 is 1.21 bits per heavy atom. The second-order valence-corrected chi connectivity index (χ2v) is 7.67. The van der Waals surface area contributed by atoms with E-state index < -0.39 is 5.60 Å². The topological polar surface area (TPSA) is 38.7 Å². The molecule has 0 aromatic carbocycles. The lowest BCUT2D eigenvalue weighted by molar-refractivity contribution is -0.150. The average Bonchev–Trinajstić information content (AvgIpc) is 2.88. The van der Waals surface area contributed by atoms with E-state index in [-0.39, 0.29) is 5.60 Å². The summed E-state index contributed by atoms with van der Waals surface area (Å²) in [6.07, 6.45) is 7.44. The quantitative estimate of drug-likeness (QED) is 0.847. The third-order valence-corrected chi connectivity index (χ3v) is 6.67. The van der Waals surface area contributed by atoms with Gasteiger partial charge in [0.2, 0.25) is 0 Å². The lowest BCUT2D eigenvalue weighted by atomic mass is 9.68.